The number of para-hydroxylation sites is 1. The Kier molecular flexibility index (Phi) is 4.15. The van der Waals surface area contributed by atoms with E-state index in [2.05, 4.69) is 0 Å². The van der Waals surface area contributed by atoms with Crippen LogP contribution in [0.25, 0.3) is 0 Å². The lowest BCUT2D eigenvalue weighted by atomic mass is 10.1. The lowest BCUT2D eigenvalue weighted by Crippen LogP contribution is -2.27. The van der Waals surface area contributed by atoms with Crippen LogP contribution in [-0.4, -0.2) is 17.0 Å². The molecule has 4 nitrogen and oxygen atoms in total. The molecule has 0 saturated heterocycles. The van der Waals surface area contributed by atoms with Crippen molar-refractivity contribution in [3.8, 4) is 0 Å². The third kappa shape index (κ3) is 3.23. The van der Waals surface area contributed by atoms with E-state index in [-0.39, 0.29) is 11.5 Å². The van der Waals surface area contributed by atoms with Gasteiger partial charge in [0.1, 0.15) is 0 Å². The molecule has 0 aromatic heterocycles. The van der Waals surface area contributed by atoms with Crippen molar-refractivity contribution >= 4 is 17.6 Å². The van der Waals surface area contributed by atoms with E-state index in [0.717, 1.165) is 11.3 Å². The fourth-order valence-corrected chi connectivity index (χ4v) is 1.93. The fraction of sp³-hybridized carbons (Fsp3) is 0.125. The summed E-state index contributed by atoms with van der Waals surface area (Å²) in [7, 11) is 0. The Morgan fingerprint density at radius 2 is 1.60 bits per heavy atom. The molecule has 0 aliphatic rings. The van der Waals surface area contributed by atoms with Gasteiger partial charge in [-0.05, 0) is 29.8 Å². The van der Waals surface area contributed by atoms with Gasteiger partial charge in [0.15, 0.2) is 0 Å². The number of anilines is 1. The maximum Gasteiger partial charge on any atom is 0.335 e. The molecule has 0 heterocycles. The summed E-state index contributed by atoms with van der Waals surface area (Å²) in [5.74, 6) is -1.01. The Bertz CT molecular complexity index is 605. The highest BCUT2D eigenvalue weighted by atomic mass is 16.4. The van der Waals surface area contributed by atoms with Gasteiger partial charge in [0.05, 0.1) is 12.1 Å². The maximum atomic E-state index is 11.8. The van der Waals surface area contributed by atoms with Gasteiger partial charge in [-0.3, -0.25) is 4.79 Å². The normalized spacial score (nSPS) is 10.1. The van der Waals surface area contributed by atoms with Crippen LogP contribution in [0.1, 0.15) is 22.8 Å². The fourth-order valence-electron chi connectivity index (χ4n) is 1.93. The minimum atomic E-state index is -0.956. The molecule has 0 aliphatic carbocycles. The lowest BCUT2D eigenvalue weighted by Gasteiger charge is -2.21. The minimum absolute atomic E-state index is 0.0569. The molecule has 2 aromatic rings. The van der Waals surface area contributed by atoms with E-state index in [1.54, 1.807) is 29.2 Å². The highest BCUT2D eigenvalue weighted by Gasteiger charge is 2.12. The van der Waals surface area contributed by atoms with Crippen molar-refractivity contribution in [2.75, 3.05) is 4.90 Å². The number of carboxylic acid groups (broad SMARTS) is 1. The Labute approximate surface area is 117 Å². The molecule has 1 amide bonds. The topological polar surface area (TPSA) is 57.6 Å². The first-order chi connectivity index (χ1) is 9.58. The zero-order valence-electron chi connectivity index (χ0n) is 11.1. The van der Waals surface area contributed by atoms with Gasteiger partial charge in [-0.15, -0.1) is 0 Å². The van der Waals surface area contributed by atoms with Crippen LogP contribution >= 0.6 is 0 Å². The standard InChI is InChI=1S/C16H15NO3/c1-12(18)17(15-5-3-2-4-6-15)11-13-7-9-14(10-8-13)16(19)20/h2-10H,11H2,1H3,(H,19,20). The van der Waals surface area contributed by atoms with E-state index in [9.17, 15) is 9.59 Å². The first-order valence-electron chi connectivity index (χ1n) is 6.23. The highest BCUT2D eigenvalue weighted by molar-refractivity contribution is 5.91. The van der Waals surface area contributed by atoms with Gasteiger partial charge >= 0.3 is 5.97 Å². The van der Waals surface area contributed by atoms with Crippen LogP contribution in [0.15, 0.2) is 54.6 Å². The van der Waals surface area contributed by atoms with Crippen molar-refractivity contribution < 1.29 is 14.7 Å². The molecule has 0 radical (unpaired) electrons. The molecule has 0 bridgehead atoms. The van der Waals surface area contributed by atoms with Gasteiger partial charge in [-0.25, -0.2) is 4.79 Å². The highest BCUT2D eigenvalue weighted by Crippen LogP contribution is 2.17. The summed E-state index contributed by atoms with van der Waals surface area (Å²) < 4.78 is 0. The van der Waals surface area contributed by atoms with Gasteiger partial charge in [-0.2, -0.15) is 0 Å². The van der Waals surface area contributed by atoms with E-state index >= 15 is 0 Å². The summed E-state index contributed by atoms with van der Waals surface area (Å²) in [6, 6.07) is 15.9. The number of hydrogen-bond donors (Lipinski definition) is 1. The predicted molar refractivity (Wildman–Crippen MR) is 76.7 cm³/mol. The molecule has 20 heavy (non-hydrogen) atoms. The van der Waals surface area contributed by atoms with Crippen LogP contribution in [-0.2, 0) is 11.3 Å². The second kappa shape index (κ2) is 6.02. The zero-order chi connectivity index (χ0) is 14.5. The van der Waals surface area contributed by atoms with Crippen LogP contribution in [0.2, 0.25) is 0 Å². The summed E-state index contributed by atoms with van der Waals surface area (Å²) in [5.41, 5.74) is 1.94. The Hall–Kier alpha value is -2.62. The van der Waals surface area contributed by atoms with Gasteiger partial charge in [0, 0.05) is 12.6 Å². The molecule has 2 aromatic carbocycles. The first-order valence-corrected chi connectivity index (χ1v) is 6.23. The number of rotatable bonds is 4. The summed E-state index contributed by atoms with van der Waals surface area (Å²) in [6.45, 7) is 1.93. The quantitative estimate of drug-likeness (QED) is 0.928. The third-order valence-electron chi connectivity index (χ3n) is 2.99. The summed E-state index contributed by atoms with van der Waals surface area (Å²) in [5, 5.41) is 8.86. The monoisotopic (exact) mass is 269 g/mol. The molecule has 0 spiro atoms. The lowest BCUT2D eigenvalue weighted by molar-refractivity contribution is -0.116. The Morgan fingerprint density at radius 1 is 1.00 bits per heavy atom. The smallest absolute Gasteiger partial charge is 0.335 e. The Balaban J connectivity index is 2.21. The molecular weight excluding hydrogens is 254 g/mol. The molecule has 2 rings (SSSR count). The number of carbonyl (C=O) groups excluding carboxylic acids is 1. The molecule has 1 N–H and O–H groups in total. The predicted octanol–water partition coefficient (Wildman–Crippen LogP) is 2.94. The van der Waals surface area contributed by atoms with Crippen molar-refractivity contribution in [3.05, 3.63) is 65.7 Å². The van der Waals surface area contributed by atoms with E-state index in [4.69, 9.17) is 5.11 Å². The van der Waals surface area contributed by atoms with Gasteiger partial charge in [-0.1, -0.05) is 30.3 Å². The van der Waals surface area contributed by atoms with E-state index in [1.165, 1.54) is 6.92 Å². The first kappa shape index (κ1) is 13.8. The van der Waals surface area contributed by atoms with Crippen LogP contribution in [0.4, 0.5) is 5.69 Å². The molecule has 0 aliphatic heterocycles. The number of hydrogen-bond acceptors (Lipinski definition) is 2. The van der Waals surface area contributed by atoms with Gasteiger partial charge in [0.2, 0.25) is 5.91 Å². The maximum absolute atomic E-state index is 11.8. The van der Waals surface area contributed by atoms with E-state index < -0.39 is 5.97 Å². The second-order valence-corrected chi connectivity index (χ2v) is 4.44. The average Bonchev–Trinajstić information content (AvgIpc) is 2.46. The van der Waals surface area contributed by atoms with Crippen LogP contribution in [0.5, 0.6) is 0 Å². The molecular formula is C16H15NO3. The summed E-state index contributed by atoms with van der Waals surface area (Å²) in [6.07, 6.45) is 0. The SMILES string of the molecule is CC(=O)N(Cc1ccc(C(=O)O)cc1)c1ccccc1. The van der Waals surface area contributed by atoms with Gasteiger partial charge < -0.3 is 10.0 Å². The number of carboxylic acids is 1. The van der Waals surface area contributed by atoms with Crippen molar-refractivity contribution in [1.29, 1.82) is 0 Å². The second-order valence-electron chi connectivity index (χ2n) is 4.44. The third-order valence-corrected chi connectivity index (χ3v) is 2.99. The number of benzene rings is 2. The van der Waals surface area contributed by atoms with Crippen LogP contribution in [0, 0.1) is 0 Å². The van der Waals surface area contributed by atoms with Crippen molar-refractivity contribution in [2.24, 2.45) is 0 Å². The van der Waals surface area contributed by atoms with Crippen molar-refractivity contribution in [2.45, 2.75) is 13.5 Å². The molecule has 0 fully saturated rings. The molecule has 0 unspecified atom stereocenters. The molecule has 102 valence electrons. The van der Waals surface area contributed by atoms with Crippen LogP contribution in [0.3, 0.4) is 0 Å². The largest absolute Gasteiger partial charge is 0.478 e. The summed E-state index contributed by atoms with van der Waals surface area (Å²) >= 11 is 0. The summed E-state index contributed by atoms with van der Waals surface area (Å²) in [4.78, 5) is 24.2. The molecule has 0 saturated carbocycles. The van der Waals surface area contributed by atoms with Crippen molar-refractivity contribution in [3.63, 3.8) is 0 Å². The number of aromatic carboxylic acids is 1. The number of carbonyl (C=O) groups is 2. The Morgan fingerprint density at radius 3 is 2.10 bits per heavy atom. The number of amides is 1. The minimum Gasteiger partial charge on any atom is -0.478 e. The van der Waals surface area contributed by atoms with Crippen LogP contribution < -0.4 is 4.90 Å². The van der Waals surface area contributed by atoms with Crippen molar-refractivity contribution in [1.82, 2.24) is 0 Å². The average molecular weight is 269 g/mol. The zero-order valence-corrected chi connectivity index (χ0v) is 11.1. The van der Waals surface area contributed by atoms with E-state index in [0.29, 0.717) is 6.54 Å². The molecule has 0 atom stereocenters. The van der Waals surface area contributed by atoms with Gasteiger partial charge in [0.25, 0.3) is 0 Å². The van der Waals surface area contributed by atoms with E-state index in [1.807, 2.05) is 30.3 Å². The number of nitrogens with zero attached hydrogens (tertiary/aromatic N) is 1. The molecule has 4 heteroatoms.